The second-order valence-corrected chi connectivity index (χ2v) is 4.55. The summed E-state index contributed by atoms with van der Waals surface area (Å²) in [5.41, 5.74) is 1.91. The van der Waals surface area contributed by atoms with Crippen molar-refractivity contribution in [3.63, 3.8) is 0 Å². The highest BCUT2D eigenvalue weighted by molar-refractivity contribution is 5.09. The van der Waals surface area contributed by atoms with Crippen molar-refractivity contribution in [1.29, 1.82) is 0 Å². The average Bonchev–Trinajstić information content (AvgIpc) is 1.99. The van der Waals surface area contributed by atoms with Crippen LogP contribution in [0.4, 0.5) is 0 Å². The Hall–Kier alpha value is -0.260. The van der Waals surface area contributed by atoms with Crippen molar-refractivity contribution in [1.82, 2.24) is 0 Å². The van der Waals surface area contributed by atoms with Gasteiger partial charge in [0.2, 0.25) is 0 Å². The number of unbranched alkanes of at least 4 members (excludes halogenated alkanes) is 1. The van der Waals surface area contributed by atoms with E-state index in [1.807, 2.05) is 0 Å². The highest BCUT2D eigenvalue weighted by Crippen LogP contribution is 2.34. The SMILES string of the molecule is CCCC=C(C)C(C)(C)C(C)C. The summed E-state index contributed by atoms with van der Waals surface area (Å²) < 4.78 is 0. The maximum absolute atomic E-state index is 2.39. The first-order valence-electron chi connectivity index (χ1n) is 5.10. The Labute approximate surface area is 78.1 Å². The fraction of sp³-hybridized carbons (Fsp3) is 0.833. The molecule has 0 aromatic carbocycles. The monoisotopic (exact) mass is 168 g/mol. The molecule has 0 saturated heterocycles. The van der Waals surface area contributed by atoms with E-state index in [1.54, 1.807) is 5.57 Å². The smallest absolute Gasteiger partial charge is 0.0124 e. The van der Waals surface area contributed by atoms with Crippen LogP contribution in [-0.2, 0) is 0 Å². The van der Waals surface area contributed by atoms with Crippen molar-refractivity contribution in [3.05, 3.63) is 11.6 Å². The van der Waals surface area contributed by atoms with Gasteiger partial charge in [0.05, 0.1) is 0 Å². The zero-order valence-corrected chi connectivity index (χ0v) is 9.57. The molecule has 0 amide bonds. The lowest BCUT2D eigenvalue weighted by Crippen LogP contribution is -2.20. The van der Waals surface area contributed by atoms with Crippen molar-refractivity contribution >= 4 is 0 Å². The summed E-state index contributed by atoms with van der Waals surface area (Å²) in [4.78, 5) is 0. The zero-order valence-electron chi connectivity index (χ0n) is 9.57. The Kier molecular flexibility index (Phi) is 4.59. The molecule has 0 saturated carbocycles. The van der Waals surface area contributed by atoms with Gasteiger partial charge in [-0.2, -0.15) is 0 Å². The summed E-state index contributed by atoms with van der Waals surface area (Å²) in [6.07, 6.45) is 4.87. The Bertz CT molecular complexity index is 149. The van der Waals surface area contributed by atoms with E-state index in [9.17, 15) is 0 Å². The van der Waals surface area contributed by atoms with Gasteiger partial charge in [-0.1, -0.05) is 52.7 Å². The maximum Gasteiger partial charge on any atom is -0.0124 e. The van der Waals surface area contributed by atoms with Crippen LogP contribution in [-0.4, -0.2) is 0 Å². The summed E-state index contributed by atoms with van der Waals surface area (Å²) in [7, 11) is 0. The molecule has 0 aromatic rings. The largest absolute Gasteiger partial charge is 0.0851 e. The van der Waals surface area contributed by atoms with Crippen molar-refractivity contribution in [2.75, 3.05) is 0 Å². The molecule has 0 aliphatic carbocycles. The lowest BCUT2D eigenvalue weighted by molar-refractivity contribution is 0.309. The standard InChI is InChI=1S/C12H24/c1-7-8-9-11(4)12(5,6)10(2)3/h9-10H,7-8H2,1-6H3. The van der Waals surface area contributed by atoms with Gasteiger partial charge in [0, 0.05) is 0 Å². The molecule has 0 spiro atoms. The molecule has 0 rings (SSSR count). The molecule has 0 heteroatoms. The molecular weight excluding hydrogens is 144 g/mol. The molecule has 0 aliphatic heterocycles. The normalized spacial score (nSPS) is 14.1. The van der Waals surface area contributed by atoms with Gasteiger partial charge in [0.15, 0.2) is 0 Å². The van der Waals surface area contributed by atoms with Gasteiger partial charge in [-0.3, -0.25) is 0 Å². The lowest BCUT2D eigenvalue weighted by Gasteiger charge is -2.30. The first-order chi connectivity index (χ1) is 5.42. The molecule has 0 N–H and O–H groups in total. The molecule has 0 bridgehead atoms. The summed E-state index contributed by atoms with van der Waals surface area (Å²) in [5, 5.41) is 0. The topological polar surface area (TPSA) is 0 Å². The van der Waals surface area contributed by atoms with Crippen molar-refractivity contribution in [2.24, 2.45) is 11.3 Å². The molecule has 0 fully saturated rings. The minimum absolute atomic E-state index is 0.370. The van der Waals surface area contributed by atoms with E-state index in [1.165, 1.54) is 12.8 Å². The molecule has 72 valence electrons. The highest BCUT2D eigenvalue weighted by Gasteiger charge is 2.23. The number of hydrogen-bond acceptors (Lipinski definition) is 0. The Morgan fingerprint density at radius 2 is 1.83 bits per heavy atom. The highest BCUT2D eigenvalue weighted by atomic mass is 14.3. The van der Waals surface area contributed by atoms with Crippen LogP contribution in [0.2, 0.25) is 0 Å². The van der Waals surface area contributed by atoms with E-state index in [4.69, 9.17) is 0 Å². The van der Waals surface area contributed by atoms with Gasteiger partial charge < -0.3 is 0 Å². The summed E-state index contributed by atoms with van der Waals surface area (Å²) in [6.45, 7) is 13.7. The zero-order chi connectivity index (χ0) is 9.78. The van der Waals surface area contributed by atoms with E-state index in [-0.39, 0.29) is 0 Å². The summed E-state index contributed by atoms with van der Waals surface area (Å²) >= 11 is 0. The van der Waals surface area contributed by atoms with Crippen LogP contribution in [0.5, 0.6) is 0 Å². The molecule has 0 unspecified atom stereocenters. The van der Waals surface area contributed by atoms with E-state index >= 15 is 0 Å². The fourth-order valence-electron chi connectivity index (χ4n) is 1.08. The Morgan fingerprint density at radius 1 is 1.33 bits per heavy atom. The third kappa shape index (κ3) is 3.00. The number of rotatable bonds is 4. The van der Waals surface area contributed by atoms with Crippen LogP contribution in [0.25, 0.3) is 0 Å². The van der Waals surface area contributed by atoms with Crippen LogP contribution in [0.1, 0.15) is 54.4 Å². The van der Waals surface area contributed by atoms with Crippen molar-refractivity contribution in [2.45, 2.75) is 54.4 Å². The van der Waals surface area contributed by atoms with Crippen LogP contribution < -0.4 is 0 Å². The predicted octanol–water partition coefficient (Wildman–Crippen LogP) is 4.42. The van der Waals surface area contributed by atoms with Gasteiger partial charge in [-0.15, -0.1) is 0 Å². The molecular formula is C12H24. The van der Waals surface area contributed by atoms with E-state index in [0.29, 0.717) is 5.41 Å². The van der Waals surface area contributed by atoms with Crippen LogP contribution in [0.15, 0.2) is 11.6 Å². The summed E-state index contributed by atoms with van der Waals surface area (Å²) in [6, 6.07) is 0. The fourth-order valence-corrected chi connectivity index (χ4v) is 1.08. The first-order valence-corrected chi connectivity index (χ1v) is 5.10. The van der Waals surface area contributed by atoms with Crippen LogP contribution in [0.3, 0.4) is 0 Å². The molecule has 12 heavy (non-hydrogen) atoms. The average molecular weight is 168 g/mol. The van der Waals surface area contributed by atoms with Crippen LogP contribution >= 0.6 is 0 Å². The van der Waals surface area contributed by atoms with Gasteiger partial charge in [0.25, 0.3) is 0 Å². The second kappa shape index (κ2) is 4.69. The molecule has 0 atom stereocenters. The quantitative estimate of drug-likeness (QED) is 0.545. The van der Waals surface area contributed by atoms with Gasteiger partial charge >= 0.3 is 0 Å². The second-order valence-electron chi connectivity index (χ2n) is 4.55. The lowest BCUT2D eigenvalue weighted by atomic mass is 9.75. The van der Waals surface area contributed by atoms with Gasteiger partial charge in [-0.25, -0.2) is 0 Å². The van der Waals surface area contributed by atoms with Crippen LogP contribution in [0, 0.1) is 11.3 Å². The minimum Gasteiger partial charge on any atom is -0.0851 e. The van der Waals surface area contributed by atoms with E-state index in [2.05, 4.69) is 47.6 Å². The maximum atomic E-state index is 2.39. The number of allylic oxidation sites excluding steroid dienone is 2. The minimum atomic E-state index is 0.370. The molecule has 0 heterocycles. The Morgan fingerprint density at radius 3 is 2.17 bits per heavy atom. The van der Waals surface area contributed by atoms with Gasteiger partial charge in [0.1, 0.15) is 0 Å². The van der Waals surface area contributed by atoms with Crippen molar-refractivity contribution in [3.8, 4) is 0 Å². The van der Waals surface area contributed by atoms with Crippen molar-refractivity contribution < 1.29 is 0 Å². The Balaban J connectivity index is 4.33. The van der Waals surface area contributed by atoms with E-state index < -0.39 is 0 Å². The third-order valence-corrected chi connectivity index (χ3v) is 3.20. The molecule has 0 nitrogen and oxygen atoms in total. The molecule has 0 radical (unpaired) electrons. The third-order valence-electron chi connectivity index (χ3n) is 3.20. The molecule has 0 aliphatic rings. The van der Waals surface area contributed by atoms with Gasteiger partial charge in [-0.05, 0) is 24.7 Å². The number of hydrogen-bond donors (Lipinski definition) is 0. The predicted molar refractivity (Wildman–Crippen MR) is 57.3 cm³/mol. The first kappa shape index (κ1) is 11.7. The molecule has 0 aromatic heterocycles. The summed E-state index contributed by atoms with van der Waals surface area (Å²) in [5.74, 6) is 0.727. The van der Waals surface area contributed by atoms with E-state index in [0.717, 1.165) is 5.92 Å².